The summed E-state index contributed by atoms with van der Waals surface area (Å²) in [4.78, 5) is 56.9. The Hall–Kier alpha value is -5.03. The number of fused-ring (bicyclic) bond motifs is 2. The number of aromatic nitrogens is 2. The first-order chi connectivity index (χ1) is 17.7. The number of aromatic amines is 1. The zero-order valence-electron chi connectivity index (χ0n) is 19.2. The second-order valence-corrected chi connectivity index (χ2v) is 8.57. The van der Waals surface area contributed by atoms with E-state index >= 15 is 0 Å². The molecule has 0 saturated carbocycles. The van der Waals surface area contributed by atoms with Crippen LogP contribution in [0.4, 0.5) is 11.4 Å². The molecule has 1 aliphatic heterocycles. The van der Waals surface area contributed by atoms with Crippen LogP contribution in [0, 0.1) is 0 Å². The predicted molar refractivity (Wildman–Crippen MR) is 136 cm³/mol. The third-order valence-electron chi connectivity index (χ3n) is 6.12. The molecule has 11 heteroatoms. The first-order valence-electron chi connectivity index (χ1n) is 11.3. The molecule has 0 radical (unpaired) electrons. The van der Waals surface area contributed by atoms with Crippen LogP contribution in [0.2, 0.25) is 0 Å². The van der Waals surface area contributed by atoms with Gasteiger partial charge < -0.3 is 26.2 Å². The summed E-state index contributed by atoms with van der Waals surface area (Å²) < 4.78 is 0.958. The van der Waals surface area contributed by atoms with Crippen molar-refractivity contribution in [2.24, 2.45) is 4.99 Å². The monoisotopic (exact) mass is 499 g/mol. The number of H-pyrrole nitrogens is 1. The number of rotatable bonds is 6. The van der Waals surface area contributed by atoms with Crippen molar-refractivity contribution in [2.45, 2.75) is 18.6 Å². The summed E-state index contributed by atoms with van der Waals surface area (Å²) in [5.41, 5.74) is 6.86. The molecule has 186 valence electrons. The van der Waals surface area contributed by atoms with Gasteiger partial charge in [0.1, 0.15) is 17.9 Å². The molecule has 5 rings (SSSR count). The van der Waals surface area contributed by atoms with Crippen molar-refractivity contribution >= 4 is 39.9 Å². The van der Waals surface area contributed by atoms with Gasteiger partial charge in [0.2, 0.25) is 0 Å². The highest BCUT2D eigenvalue weighted by molar-refractivity contribution is 6.42. The number of carbonyl (C=O) groups is 2. The Morgan fingerprint density at radius 3 is 2.51 bits per heavy atom. The molecule has 2 atom stereocenters. The average molecular weight is 499 g/mol. The van der Waals surface area contributed by atoms with Gasteiger partial charge in [0.25, 0.3) is 11.5 Å². The Kier molecular flexibility index (Phi) is 5.90. The molecule has 0 spiro atoms. The van der Waals surface area contributed by atoms with Crippen LogP contribution in [0.25, 0.3) is 16.6 Å². The molecule has 4 aromatic rings. The first-order valence-corrected chi connectivity index (χ1v) is 11.3. The first kappa shape index (κ1) is 23.7. The van der Waals surface area contributed by atoms with Crippen molar-refractivity contribution in [3.8, 4) is 5.69 Å². The number of hydrogen-bond acceptors (Lipinski definition) is 7. The molecule has 1 amide bonds. The van der Waals surface area contributed by atoms with Gasteiger partial charge in [-0.05, 0) is 42.0 Å². The fourth-order valence-corrected chi connectivity index (χ4v) is 4.25. The number of nitrogen functional groups attached to an aromatic ring is 1. The van der Waals surface area contributed by atoms with E-state index in [-0.39, 0.29) is 23.2 Å². The van der Waals surface area contributed by atoms with Gasteiger partial charge in [0.15, 0.2) is 0 Å². The summed E-state index contributed by atoms with van der Waals surface area (Å²) in [5, 5.41) is 22.7. The standard InChI is InChI=1S/C26H21N5O6/c27-14-7-10-19-17(12-14)24(34)31(26(37)30-19)15-8-5-13(6-9-15)11-20(25(35)36)29-23(33)21-22(32)16-3-1-2-4-18(16)28-21/h1-10,12,20,22,32H,11,27H2,(H,29,33)(H,30,37)(H,35,36)/t20-,22?/m0/s1. The molecular weight excluding hydrogens is 478 g/mol. The van der Waals surface area contributed by atoms with Crippen LogP contribution < -0.4 is 22.3 Å². The van der Waals surface area contributed by atoms with E-state index in [0.29, 0.717) is 28.0 Å². The number of carboxylic acid groups (broad SMARTS) is 1. The summed E-state index contributed by atoms with van der Waals surface area (Å²) in [5.74, 6) is -2.07. The normalized spacial score (nSPS) is 15.2. The number of carbonyl (C=O) groups excluding carboxylic acids is 1. The number of aliphatic hydroxyl groups excluding tert-OH is 1. The predicted octanol–water partition coefficient (Wildman–Crippen LogP) is 1.19. The van der Waals surface area contributed by atoms with Crippen LogP contribution in [-0.2, 0) is 16.0 Å². The van der Waals surface area contributed by atoms with E-state index in [1.807, 2.05) is 0 Å². The second kappa shape index (κ2) is 9.21. The molecular formula is C26H21N5O6. The molecule has 6 N–H and O–H groups in total. The number of para-hydroxylation sites is 1. The lowest BCUT2D eigenvalue weighted by Crippen LogP contribution is -2.46. The van der Waals surface area contributed by atoms with Crippen LogP contribution in [-0.4, -0.2) is 43.4 Å². The number of benzene rings is 3. The van der Waals surface area contributed by atoms with Gasteiger partial charge in [-0.1, -0.05) is 30.3 Å². The summed E-state index contributed by atoms with van der Waals surface area (Å²) in [7, 11) is 0. The van der Waals surface area contributed by atoms with Crippen molar-refractivity contribution in [1.82, 2.24) is 14.9 Å². The number of amides is 1. The molecule has 1 unspecified atom stereocenters. The van der Waals surface area contributed by atoms with Crippen molar-refractivity contribution < 1.29 is 19.8 Å². The highest BCUT2D eigenvalue weighted by Crippen LogP contribution is 2.33. The Bertz CT molecular complexity index is 1700. The van der Waals surface area contributed by atoms with E-state index in [2.05, 4.69) is 15.3 Å². The number of aliphatic hydroxyl groups is 1. The van der Waals surface area contributed by atoms with Crippen LogP contribution in [0.5, 0.6) is 0 Å². The number of carboxylic acids is 1. The van der Waals surface area contributed by atoms with E-state index in [1.165, 1.54) is 18.2 Å². The number of anilines is 1. The number of nitrogens with one attached hydrogen (secondary N) is 2. The van der Waals surface area contributed by atoms with Gasteiger partial charge in [0, 0.05) is 17.7 Å². The van der Waals surface area contributed by atoms with Gasteiger partial charge in [-0.15, -0.1) is 0 Å². The Morgan fingerprint density at radius 1 is 1.08 bits per heavy atom. The number of nitrogens with two attached hydrogens (primary N) is 1. The van der Waals surface area contributed by atoms with Gasteiger partial charge in [0.05, 0.1) is 22.3 Å². The lowest BCUT2D eigenvalue weighted by atomic mass is 10.0. The van der Waals surface area contributed by atoms with Gasteiger partial charge >= 0.3 is 11.7 Å². The highest BCUT2D eigenvalue weighted by Gasteiger charge is 2.32. The zero-order valence-corrected chi connectivity index (χ0v) is 19.2. The molecule has 0 bridgehead atoms. The minimum atomic E-state index is -1.31. The smallest absolute Gasteiger partial charge is 0.333 e. The van der Waals surface area contributed by atoms with Gasteiger partial charge in [-0.3, -0.25) is 9.59 Å². The molecule has 2 heterocycles. The van der Waals surface area contributed by atoms with Gasteiger partial charge in [-0.2, -0.15) is 0 Å². The Morgan fingerprint density at radius 2 is 1.81 bits per heavy atom. The lowest BCUT2D eigenvalue weighted by molar-refractivity contribution is -0.141. The number of hydrogen-bond donors (Lipinski definition) is 5. The SMILES string of the molecule is Nc1ccc2[nH]c(=O)n(-c3ccc(C[C@H](NC(=O)C4=Nc5ccccc5C4O)C(=O)O)cc3)c(=O)c2c1. The van der Waals surface area contributed by atoms with Crippen LogP contribution in [0.1, 0.15) is 17.2 Å². The lowest BCUT2D eigenvalue weighted by Gasteiger charge is -2.16. The number of aliphatic imine (C=N–C) groups is 1. The molecule has 0 saturated heterocycles. The Labute approximate surface area is 208 Å². The molecule has 0 fully saturated rings. The zero-order chi connectivity index (χ0) is 26.3. The maximum atomic E-state index is 12.9. The summed E-state index contributed by atoms with van der Waals surface area (Å²) >= 11 is 0. The number of aliphatic carboxylic acids is 1. The maximum absolute atomic E-state index is 12.9. The Balaban J connectivity index is 1.36. The average Bonchev–Trinajstić information content (AvgIpc) is 3.22. The number of nitrogens with zero attached hydrogens (tertiary/aromatic N) is 2. The van der Waals surface area contributed by atoms with Crippen molar-refractivity contribution in [3.63, 3.8) is 0 Å². The maximum Gasteiger partial charge on any atom is 0.333 e. The third-order valence-corrected chi connectivity index (χ3v) is 6.12. The molecule has 1 aliphatic rings. The fraction of sp³-hybridized carbons (Fsp3) is 0.115. The van der Waals surface area contributed by atoms with E-state index < -0.39 is 35.3 Å². The van der Waals surface area contributed by atoms with Crippen molar-refractivity contribution in [1.29, 1.82) is 0 Å². The third kappa shape index (κ3) is 4.39. The van der Waals surface area contributed by atoms with E-state index in [4.69, 9.17) is 5.73 Å². The molecule has 1 aromatic heterocycles. The molecule has 0 aliphatic carbocycles. The second-order valence-electron chi connectivity index (χ2n) is 8.57. The topological polar surface area (TPSA) is 180 Å². The largest absolute Gasteiger partial charge is 0.480 e. The quantitative estimate of drug-likeness (QED) is 0.247. The van der Waals surface area contributed by atoms with E-state index in [1.54, 1.807) is 48.5 Å². The summed E-state index contributed by atoms with van der Waals surface area (Å²) in [6, 6.07) is 16.1. The van der Waals surface area contributed by atoms with E-state index in [0.717, 1.165) is 4.57 Å². The van der Waals surface area contributed by atoms with Gasteiger partial charge in [-0.25, -0.2) is 19.1 Å². The molecule has 37 heavy (non-hydrogen) atoms. The molecule has 11 nitrogen and oxygen atoms in total. The summed E-state index contributed by atoms with van der Waals surface area (Å²) in [6.45, 7) is 0. The van der Waals surface area contributed by atoms with E-state index in [9.17, 15) is 29.4 Å². The molecule has 3 aromatic carbocycles. The fourth-order valence-electron chi connectivity index (χ4n) is 4.25. The minimum Gasteiger partial charge on any atom is -0.480 e. The van der Waals surface area contributed by atoms with Crippen LogP contribution in [0.3, 0.4) is 0 Å². The van der Waals surface area contributed by atoms with Crippen molar-refractivity contribution in [2.75, 3.05) is 5.73 Å². The highest BCUT2D eigenvalue weighted by atomic mass is 16.4. The summed E-state index contributed by atoms with van der Waals surface area (Å²) in [6.07, 6.45) is -1.34. The van der Waals surface area contributed by atoms with Crippen molar-refractivity contribution in [3.05, 3.63) is 98.7 Å². The minimum absolute atomic E-state index is 0.0861. The van der Waals surface area contributed by atoms with Crippen LogP contribution >= 0.6 is 0 Å². The van der Waals surface area contributed by atoms with Crippen LogP contribution in [0.15, 0.2) is 81.3 Å².